The number of rotatable bonds is 4. The summed E-state index contributed by atoms with van der Waals surface area (Å²) >= 11 is 0. The van der Waals surface area contributed by atoms with E-state index in [0.717, 1.165) is 57.5 Å². The van der Waals surface area contributed by atoms with Gasteiger partial charge in [0.2, 0.25) is 0 Å². The molecule has 0 amide bonds. The van der Waals surface area contributed by atoms with Crippen molar-refractivity contribution in [2.45, 2.75) is 50.4 Å². The van der Waals surface area contributed by atoms with Crippen LogP contribution in [0.1, 0.15) is 36.8 Å². The maximum Gasteiger partial charge on any atom is 0.307 e. The maximum atomic E-state index is 10.7. The molecule has 0 radical (unpaired) electrons. The summed E-state index contributed by atoms with van der Waals surface area (Å²) in [6.45, 7) is 3.48. The molecule has 0 bridgehead atoms. The smallest absolute Gasteiger partial charge is 0.307 e. The van der Waals surface area contributed by atoms with Gasteiger partial charge in [0.15, 0.2) is 0 Å². The molecule has 2 aliphatic rings. The second kappa shape index (κ2) is 6.99. The third-order valence-electron chi connectivity index (χ3n) is 5.11. The highest BCUT2D eigenvalue weighted by molar-refractivity contribution is 5.70. The first kappa shape index (κ1) is 16.4. The van der Waals surface area contributed by atoms with E-state index in [4.69, 9.17) is 9.84 Å². The van der Waals surface area contributed by atoms with E-state index in [1.807, 2.05) is 24.3 Å². The van der Waals surface area contributed by atoms with Crippen LogP contribution in [0.4, 0.5) is 0 Å². The second-order valence-electron chi connectivity index (χ2n) is 6.73. The Bertz CT molecular complexity index is 534. The van der Waals surface area contributed by atoms with Crippen molar-refractivity contribution in [3.8, 4) is 0 Å². The average Bonchev–Trinajstić information content (AvgIpc) is 2.54. The van der Waals surface area contributed by atoms with Crippen LogP contribution in [-0.2, 0) is 22.5 Å². The Hall–Kier alpha value is -1.43. The van der Waals surface area contributed by atoms with Gasteiger partial charge < -0.3 is 14.9 Å². The molecule has 1 spiro atoms. The number of piperidine rings is 1. The van der Waals surface area contributed by atoms with Gasteiger partial charge in [-0.15, -0.1) is 0 Å². The Labute approximate surface area is 136 Å². The summed E-state index contributed by atoms with van der Waals surface area (Å²) in [4.78, 5) is 13.1. The zero-order valence-corrected chi connectivity index (χ0v) is 13.4. The van der Waals surface area contributed by atoms with E-state index >= 15 is 0 Å². The lowest BCUT2D eigenvalue weighted by Gasteiger charge is -2.46. The van der Waals surface area contributed by atoms with Gasteiger partial charge in [-0.25, -0.2) is 0 Å². The number of hydrogen-bond acceptors (Lipinski definition) is 4. The molecule has 0 aromatic heterocycles. The first-order valence-electron chi connectivity index (χ1n) is 8.41. The lowest BCUT2D eigenvalue weighted by Crippen LogP contribution is -2.55. The third kappa shape index (κ3) is 3.91. The van der Waals surface area contributed by atoms with Crippen LogP contribution < -0.4 is 0 Å². The van der Waals surface area contributed by atoms with Gasteiger partial charge in [-0.3, -0.25) is 9.69 Å². The summed E-state index contributed by atoms with van der Waals surface area (Å²) in [5.74, 6) is -0.801. The number of ether oxygens (including phenoxy) is 1. The molecule has 2 N–H and O–H groups in total. The number of benzene rings is 1. The van der Waals surface area contributed by atoms with Crippen LogP contribution in [0.25, 0.3) is 0 Å². The summed E-state index contributed by atoms with van der Waals surface area (Å²) in [6, 6.07) is 7.80. The molecule has 2 aliphatic heterocycles. The van der Waals surface area contributed by atoms with Gasteiger partial charge in [0, 0.05) is 26.2 Å². The SMILES string of the molecule is O=C(O)Cc1ccc(CN2CCC3(CC2)OCCC[C@@H]3O)cc1. The minimum atomic E-state index is -0.801. The number of aliphatic hydroxyl groups excluding tert-OH is 1. The number of hydrogen-bond donors (Lipinski definition) is 2. The highest BCUT2D eigenvalue weighted by Gasteiger charge is 2.43. The summed E-state index contributed by atoms with van der Waals surface area (Å²) in [6.07, 6.45) is 3.31. The number of aliphatic hydroxyl groups is 1. The van der Waals surface area contributed by atoms with E-state index < -0.39 is 5.97 Å². The van der Waals surface area contributed by atoms with Gasteiger partial charge in [-0.05, 0) is 36.8 Å². The van der Waals surface area contributed by atoms with Crippen molar-refractivity contribution in [1.29, 1.82) is 0 Å². The van der Waals surface area contributed by atoms with Gasteiger partial charge in [-0.2, -0.15) is 0 Å². The minimum absolute atomic E-state index is 0.0712. The molecule has 126 valence electrons. The Morgan fingerprint density at radius 2 is 1.87 bits per heavy atom. The molecule has 5 heteroatoms. The van der Waals surface area contributed by atoms with Crippen LogP contribution in [0.15, 0.2) is 24.3 Å². The predicted octanol–water partition coefficient (Wildman–Crippen LogP) is 1.82. The van der Waals surface area contributed by atoms with Crippen molar-refractivity contribution >= 4 is 5.97 Å². The summed E-state index contributed by atoms with van der Waals surface area (Å²) in [7, 11) is 0. The van der Waals surface area contributed by atoms with Crippen molar-refractivity contribution in [2.75, 3.05) is 19.7 Å². The Kier molecular flexibility index (Phi) is 4.99. The standard InChI is InChI=1S/C18H25NO4/c20-16-2-1-11-23-18(16)7-9-19(10-8-18)13-15-5-3-14(4-6-15)12-17(21)22/h3-6,16,20H,1-2,7-13H2,(H,21,22)/t16-/m0/s1. The summed E-state index contributed by atoms with van der Waals surface area (Å²) in [5, 5.41) is 19.1. The molecule has 1 aromatic rings. The minimum Gasteiger partial charge on any atom is -0.481 e. The highest BCUT2D eigenvalue weighted by Crippen LogP contribution is 2.35. The molecule has 5 nitrogen and oxygen atoms in total. The summed E-state index contributed by atoms with van der Waals surface area (Å²) in [5.41, 5.74) is 1.71. The quantitative estimate of drug-likeness (QED) is 0.886. The third-order valence-corrected chi connectivity index (χ3v) is 5.11. The van der Waals surface area contributed by atoms with E-state index in [0.29, 0.717) is 0 Å². The van der Waals surface area contributed by atoms with Crippen molar-refractivity contribution in [3.05, 3.63) is 35.4 Å². The molecular weight excluding hydrogens is 294 g/mol. The summed E-state index contributed by atoms with van der Waals surface area (Å²) < 4.78 is 5.94. The van der Waals surface area contributed by atoms with Crippen molar-refractivity contribution < 1.29 is 19.7 Å². The van der Waals surface area contributed by atoms with Gasteiger partial charge in [-0.1, -0.05) is 24.3 Å². The van der Waals surface area contributed by atoms with Crippen LogP contribution in [-0.4, -0.2) is 52.5 Å². The number of carboxylic acid groups (broad SMARTS) is 1. The molecule has 1 aromatic carbocycles. The molecular formula is C18H25NO4. The Morgan fingerprint density at radius 1 is 1.22 bits per heavy atom. The molecule has 0 aliphatic carbocycles. The van der Waals surface area contributed by atoms with E-state index in [2.05, 4.69) is 4.90 Å². The van der Waals surface area contributed by atoms with Gasteiger partial charge in [0.05, 0.1) is 18.1 Å². The molecule has 2 saturated heterocycles. The van der Waals surface area contributed by atoms with E-state index in [-0.39, 0.29) is 18.1 Å². The number of nitrogens with zero attached hydrogens (tertiary/aromatic N) is 1. The highest BCUT2D eigenvalue weighted by atomic mass is 16.5. The molecule has 0 saturated carbocycles. The van der Waals surface area contributed by atoms with Crippen LogP contribution in [0.2, 0.25) is 0 Å². The first-order valence-corrected chi connectivity index (χ1v) is 8.41. The first-order chi connectivity index (χ1) is 11.1. The lowest BCUT2D eigenvalue weighted by atomic mass is 9.82. The normalized spacial score (nSPS) is 24.7. The van der Waals surface area contributed by atoms with Crippen molar-refractivity contribution in [1.82, 2.24) is 4.90 Å². The van der Waals surface area contributed by atoms with Crippen molar-refractivity contribution in [3.63, 3.8) is 0 Å². The Balaban J connectivity index is 1.53. The lowest BCUT2D eigenvalue weighted by molar-refractivity contribution is -0.177. The fourth-order valence-corrected chi connectivity index (χ4v) is 3.67. The van der Waals surface area contributed by atoms with Crippen LogP contribution in [0, 0.1) is 0 Å². The van der Waals surface area contributed by atoms with E-state index in [9.17, 15) is 9.90 Å². The number of likely N-dealkylation sites (tertiary alicyclic amines) is 1. The number of carbonyl (C=O) groups is 1. The van der Waals surface area contributed by atoms with Crippen LogP contribution >= 0.6 is 0 Å². The van der Waals surface area contributed by atoms with E-state index in [1.54, 1.807) is 0 Å². The molecule has 2 fully saturated rings. The Morgan fingerprint density at radius 3 is 2.48 bits per heavy atom. The fraction of sp³-hybridized carbons (Fsp3) is 0.611. The molecule has 0 unspecified atom stereocenters. The van der Waals surface area contributed by atoms with E-state index in [1.165, 1.54) is 5.56 Å². The monoisotopic (exact) mass is 319 g/mol. The zero-order valence-electron chi connectivity index (χ0n) is 13.4. The topological polar surface area (TPSA) is 70.0 Å². The second-order valence-corrected chi connectivity index (χ2v) is 6.73. The molecule has 23 heavy (non-hydrogen) atoms. The maximum absolute atomic E-state index is 10.7. The molecule has 3 rings (SSSR count). The van der Waals surface area contributed by atoms with Gasteiger partial charge in [0.1, 0.15) is 0 Å². The zero-order chi connectivity index (χ0) is 16.3. The fourth-order valence-electron chi connectivity index (χ4n) is 3.67. The molecule has 1 atom stereocenters. The average molecular weight is 319 g/mol. The number of carboxylic acids is 1. The van der Waals surface area contributed by atoms with Gasteiger partial charge >= 0.3 is 5.97 Å². The van der Waals surface area contributed by atoms with Crippen molar-refractivity contribution in [2.24, 2.45) is 0 Å². The number of aliphatic carboxylic acids is 1. The van der Waals surface area contributed by atoms with Gasteiger partial charge in [0.25, 0.3) is 0 Å². The predicted molar refractivity (Wildman–Crippen MR) is 86.2 cm³/mol. The largest absolute Gasteiger partial charge is 0.481 e. The van der Waals surface area contributed by atoms with Crippen LogP contribution in [0.3, 0.4) is 0 Å². The van der Waals surface area contributed by atoms with Crippen LogP contribution in [0.5, 0.6) is 0 Å². The molecule has 2 heterocycles.